The summed E-state index contributed by atoms with van der Waals surface area (Å²) in [7, 11) is 0. The number of H-pyrrole nitrogens is 1. The van der Waals surface area contributed by atoms with Crippen molar-refractivity contribution in [3.05, 3.63) is 36.2 Å². The van der Waals surface area contributed by atoms with Gasteiger partial charge in [0.1, 0.15) is 5.69 Å². The van der Waals surface area contributed by atoms with Gasteiger partial charge in [-0.05, 0) is 19.1 Å². The average molecular weight is 367 g/mol. The Labute approximate surface area is 156 Å². The van der Waals surface area contributed by atoms with Gasteiger partial charge in [-0.15, -0.1) is 0 Å². The number of aliphatic hydroxyl groups excluding tert-OH is 1. The van der Waals surface area contributed by atoms with Crippen LogP contribution in [0.1, 0.15) is 12.6 Å². The van der Waals surface area contributed by atoms with E-state index in [4.69, 9.17) is 4.74 Å². The van der Waals surface area contributed by atoms with Crippen molar-refractivity contribution in [3.8, 4) is 17.1 Å². The molecule has 8 heteroatoms. The van der Waals surface area contributed by atoms with E-state index in [0.29, 0.717) is 43.6 Å². The molecule has 0 radical (unpaired) electrons. The fourth-order valence-electron chi connectivity index (χ4n) is 3.09. The highest BCUT2D eigenvalue weighted by Crippen LogP contribution is 2.34. The number of hydrogen-bond acceptors (Lipinski definition) is 7. The molecule has 3 N–H and O–H groups in total. The first kappa shape index (κ1) is 17.4. The zero-order valence-electron chi connectivity index (χ0n) is 15.0. The van der Waals surface area contributed by atoms with Crippen molar-refractivity contribution in [1.82, 2.24) is 20.2 Å². The van der Waals surface area contributed by atoms with Gasteiger partial charge in [-0.1, -0.05) is 18.2 Å². The largest absolute Gasteiger partial charge is 0.503 e. The normalized spacial score (nSPS) is 16.3. The third-order valence-electron chi connectivity index (χ3n) is 4.46. The molecule has 1 aromatic carbocycles. The summed E-state index contributed by atoms with van der Waals surface area (Å²) >= 11 is 0. The highest BCUT2D eigenvalue weighted by atomic mass is 16.5. The van der Waals surface area contributed by atoms with E-state index in [1.54, 1.807) is 25.3 Å². The van der Waals surface area contributed by atoms with Gasteiger partial charge in [0, 0.05) is 24.0 Å². The molecule has 3 heterocycles. The molecule has 0 aliphatic carbocycles. The second-order valence-corrected chi connectivity index (χ2v) is 6.44. The van der Waals surface area contributed by atoms with Crippen molar-refractivity contribution in [2.24, 2.45) is 0 Å². The lowest BCUT2D eigenvalue weighted by Gasteiger charge is -2.28. The number of aromatic amines is 1. The number of fused-ring (bicyclic) bond motifs is 1. The summed E-state index contributed by atoms with van der Waals surface area (Å²) in [6.45, 7) is 4.08. The molecule has 0 bridgehead atoms. The number of ether oxygens (including phenoxy) is 1. The summed E-state index contributed by atoms with van der Waals surface area (Å²) in [6, 6.07) is 5.77. The van der Waals surface area contributed by atoms with Crippen LogP contribution < -0.4 is 4.90 Å². The molecule has 140 valence electrons. The lowest BCUT2D eigenvalue weighted by molar-refractivity contribution is 0.122. The van der Waals surface area contributed by atoms with Crippen molar-refractivity contribution in [2.75, 3.05) is 31.2 Å². The van der Waals surface area contributed by atoms with Crippen molar-refractivity contribution < 1.29 is 14.9 Å². The van der Waals surface area contributed by atoms with E-state index < -0.39 is 6.10 Å². The topological polar surface area (TPSA) is 107 Å². The molecule has 1 fully saturated rings. The van der Waals surface area contributed by atoms with E-state index in [9.17, 15) is 10.2 Å². The minimum absolute atomic E-state index is 0.00285. The van der Waals surface area contributed by atoms with E-state index in [-0.39, 0.29) is 5.75 Å². The zero-order valence-corrected chi connectivity index (χ0v) is 15.0. The number of aromatic hydroxyl groups is 1. The molecule has 1 atom stereocenters. The Hall–Kier alpha value is -2.97. The van der Waals surface area contributed by atoms with Gasteiger partial charge in [0.2, 0.25) is 0 Å². The van der Waals surface area contributed by atoms with E-state index in [0.717, 1.165) is 16.5 Å². The molecule has 0 spiro atoms. The smallest absolute Gasteiger partial charge is 0.184 e. The molecule has 8 nitrogen and oxygen atoms in total. The molecular formula is C19H21N5O3. The zero-order chi connectivity index (χ0) is 18.8. The monoisotopic (exact) mass is 367 g/mol. The van der Waals surface area contributed by atoms with E-state index in [1.165, 1.54) is 0 Å². The maximum atomic E-state index is 10.7. The maximum Gasteiger partial charge on any atom is 0.184 e. The second-order valence-electron chi connectivity index (χ2n) is 6.44. The first-order chi connectivity index (χ1) is 13.1. The van der Waals surface area contributed by atoms with Gasteiger partial charge in [0.15, 0.2) is 17.4 Å². The molecule has 4 rings (SSSR count). The summed E-state index contributed by atoms with van der Waals surface area (Å²) in [6.07, 6.45) is 4.28. The van der Waals surface area contributed by atoms with Crippen LogP contribution >= 0.6 is 0 Å². The van der Waals surface area contributed by atoms with Gasteiger partial charge in [-0.25, -0.2) is 9.97 Å². The number of rotatable bonds is 4. The summed E-state index contributed by atoms with van der Waals surface area (Å²) in [5.41, 5.74) is 2.07. The predicted molar refractivity (Wildman–Crippen MR) is 103 cm³/mol. The first-order valence-electron chi connectivity index (χ1n) is 8.86. The standard InChI is InChI=1S/C19H21N5O3/c1-12(25)5-6-16-17(26)19(24-7-9-27-10-8-24)22-18(21-16)13-3-2-4-15-14(13)11-20-23-15/h2-6,11-12,25-26H,7-10H2,1H3,(H,20,23)/b6-5+. The maximum absolute atomic E-state index is 10.7. The van der Waals surface area contributed by atoms with Gasteiger partial charge in [0.25, 0.3) is 0 Å². The second kappa shape index (κ2) is 7.34. The third kappa shape index (κ3) is 3.49. The molecular weight excluding hydrogens is 346 g/mol. The lowest BCUT2D eigenvalue weighted by Crippen LogP contribution is -2.37. The van der Waals surface area contributed by atoms with Crippen LogP contribution in [0, 0.1) is 0 Å². The quantitative estimate of drug-likeness (QED) is 0.647. The van der Waals surface area contributed by atoms with Crippen LogP contribution in [0.15, 0.2) is 30.5 Å². The molecule has 1 aliphatic heterocycles. The van der Waals surface area contributed by atoms with Crippen LogP contribution in [0.25, 0.3) is 28.4 Å². The Kier molecular flexibility index (Phi) is 4.74. The summed E-state index contributed by atoms with van der Waals surface area (Å²) in [5, 5.41) is 28.3. The molecule has 1 aliphatic rings. The number of anilines is 1. The van der Waals surface area contributed by atoms with Gasteiger partial charge in [-0.2, -0.15) is 5.10 Å². The van der Waals surface area contributed by atoms with Crippen molar-refractivity contribution in [2.45, 2.75) is 13.0 Å². The number of benzene rings is 1. The van der Waals surface area contributed by atoms with E-state index in [2.05, 4.69) is 20.2 Å². The molecule has 2 aromatic heterocycles. The summed E-state index contributed by atoms with van der Waals surface area (Å²) in [5.74, 6) is 0.956. The number of aliphatic hydroxyl groups is 1. The van der Waals surface area contributed by atoms with Gasteiger partial charge in [-0.3, -0.25) is 5.10 Å². The van der Waals surface area contributed by atoms with Gasteiger partial charge >= 0.3 is 0 Å². The molecule has 27 heavy (non-hydrogen) atoms. The Morgan fingerprint density at radius 1 is 1.26 bits per heavy atom. The molecule has 0 saturated carbocycles. The van der Waals surface area contributed by atoms with Crippen LogP contribution in [0.2, 0.25) is 0 Å². The number of nitrogens with one attached hydrogen (secondary N) is 1. The van der Waals surface area contributed by atoms with Crippen molar-refractivity contribution in [1.29, 1.82) is 0 Å². The molecule has 0 amide bonds. The lowest BCUT2D eigenvalue weighted by atomic mass is 10.1. The van der Waals surface area contributed by atoms with Crippen LogP contribution in [-0.4, -0.2) is 62.8 Å². The minimum Gasteiger partial charge on any atom is -0.503 e. The Bertz CT molecular complexity index is 977. The highest BCUT2D eigenvalue weighted by molar-refractivity contribution is 5.92. The van der Waals surface area contributed by atoms with Crippen LogP contribution in [0.3, 0.4) is 0 Å². The first-order valence-corrected chi connectivity index (χ1v) is 8.86. The van der Waals surface area contributed by atoms with Gasteiger partial charge < -0.3 is 19.8 Å². The predicted octanol–water partition coefficient (Wildman–Crippen LogP) is 1.96. The molecule has 1 unspecified atom stereocenters. The average Bonchev–Trinajstić information content (AvgIpc) is 3.16. The Morgan fingerprint density at radius 2 is 2.07 bits per heavy atom. The molecule has 3 aromatic rings. The SMILES string of the molecule is CC(O)/C=C/c1nc(-c2cccc3[nH]ncc23)nc(N2CCOCC2)c1O. The van der Waals surface area contributed by atoms with Crippen LogP contribution in [-0.2, 0) is 4.74 Å². The number of hydrogen-bond donors (Lipinski definition) is 3. The van der Waals surface area contributed by atoms with Crippen LogP contribution in [0.5, 0.6) is 5.75 Å². The fraction of sp³-hybridized carbons (Fsp3) is 0.316. The van der Waals surface area contributed by atoms with E-state index in [1.807, 2.05) is 23.1 Å². The highest BCUT2D eigenvalue weighted by Gasteiger charge is 2.21. The summed E-state index contributed by atoms with van der Waals surface area (Å²) < 4.78 is 5.41. The fourth-order valence-corrected chi connectivity index (χ4v) is 3.09. The number of morpholine rings is 1. The van der Waals surface area contributed by atoms with Crippen LogP contribution in [0.4, 0.5) is 5.82 Å². The molecule has 1 saturated heterocycles. The minimum atomic E-state index is -0.646. The Morgan fingerprint density at radius 3 is 2.85 bits per heavy atom. The van der Waals surface area contributed by atoms with Crippen molar-refractivity contribution in [3.63, 3.8) is 0 Å². The van der Waals surface area contributed by atoms with Crippen molar-refractivity contribution >= 4 is 22.8 Å². The Balaban J connectivity index is 1.88. The number of aromatic nitrogens is 4. The van der Waals surface area contributed by atoms with E-state index >= 15 is 0 Å². The summed E-state index contributed by atoms with van der Waals surface area (Å²) in [4.78, 5) is 11.2. The third-order valence-corrected chi connectivity index (χ3v) is 4.46. The van der Waals surface area contributed by atoms with Gasteiger partial charge in [0.05, 0.1) is 31.0 Å². The number of nitrogens with zero attached hydrogens (tertiary/aromatic N) is 4.